The molecule has 1 aliphatic rings. The zero-order chi connectivity index (χ0) is 17.2. The Hall–Kier alpha value is -2.76. The number of halogens is 1. The summed E-state index contributed by atoms with van der Waals surface area (Å²) in [5.41, 5.74) is 1.26. The van der Waals surface area contributed by atoms with Crippen LogP contribution in [0.2, 0.25) is 0 Å². The lowest BCUT2D eigenvalue weighted by molar-refractivity contribution is 0.0696. The number of nitrogens with zero attached hydrogens (tertiary/aromatic N) is 1. The molecule has 5 nitrogen and oxygen atoms in total. The number of pyridine rings is 1. The van der Waals surface area contributed by atoms with E-state index in [1.165, 1.54) is 30.6 Å². The molecule has 1 aromatic carbocycles. The third-order valence-electron chi connectivity index (χ3n) is 4.32. The lowest BCUT2D eigenvalue weighted by Crippen LogP contribution is -2.31. The first kappa shape index (κ1) is 16.1. The van der Waals surface area contributed by atoms with E-state index in [0.29, 0.717) is 6.54 Å². The fraction of sp³-hybridized carbons (Fsp3) is 0.278. The fourth-order valence-electron chi connectivity index (χ4n) is 2.68. The van der Waals surface area contributed by atoms with Gasteiger partial charge in [-0.2, -0.15) is 0 Å². The van der Waals surface area contributed by atoms with Crippen molar-refractivity contribution in [1.29, 1.82) is 0 Å². The quantitative estimate of drug-likeness (QED) is 0.854. The Bertz CT molecular complexity index is 770. The summed E-state index contributed by atoms with van der Waals surface area (Å²) >= 11 is 0. The van der Waals surface area contributed by atoms with Crippen molar-refractivity contribution in [3.05, 3.63) is 65.2 Å². The Balaban J connectivity index is 1.60. The molecule has 1 heterocycles. The van der Waals surface area contributed by atoms with E-state index >= 15 is 0 Å². The van der Waals surface area contributed by atoms with Crippen LogP contribution in [0.3, 0.4) is 0 Å². The Morgan fingerprint density at radius 1 is 1.17 bits per heavy atom. The van der Waals surface area contributed by atoms with E-state index < -0.39 is 5.97 Å². The first-order chi connectivity index (χ1) is 11.5. The average molecular weight is 328 g/mol. The van der Waals surface area contributed by atoms with Gasteiger partial charge in [0.25, 0.3) is 5.91 Å². The second kappa shape index (κ2) is 6.39. The topological polar surface area (TPSA) is 79.3 Å². The third kappa shape index (κ3) is 3.76. The molecule has 2 N–H and O–H groups in total. The van der Waals surface area contributed by atoms with Crippen molar-refractivity contribution in [3.8, 4) is 0 Å². The summed E-state index contributed by atoms with van der Waals surface area (Å²) in [6.45, 7) is 0.501. The number of rotatable bonds is 6. The van der Waals surface area contributed by atoms with Gasteiger partial charge in [-0.1, -0.05) is 12.1 Å². The summed E-state index contributed by atoms with van der Waals surface area (Å²) in [6.07, 6.45) is 5.33. The van der Waals surface area contributed by atoms with Crippen LogP contribution in [-0.4, -0.2) is 28.5 Å². The van der Waals surface area contributed by atoms with E-state index in [9.17, 15) is 14.0 Å². The van der Waals surface area contributed by atoms with Gasteiger partial charge in [-0.3, -0.25) is 9.78 Å². The van der Waals surface area contributed by atoms with Gasteiger partial charge in [0, 0.05) is 18.9 Å². The average Bonchev–Trinajstić information content (AvgIpc) is 3.35. The van der Waals surface area contributed by atoms with E-state index in [0.717, 1.165) is 24.8 Å². The molecule has 1 aliphatic carbocycles. The van der Waals surface area contributed by atoms with Crippen molar-refractivity contribution in [1.82, 2.24) is 10.3 Å². The molecule has 6 heteroatoms. The molecule has 0 atom stereocenters. The molecule has 24 heavy (non-hydrogen) atoms. The minimum atomic E-state index is -1.12. The summed E-state index contributed by atoms with van der Waals surface area (Å²) in [6, 6.07) is 7.71. The van der Waals surface area contributed by atoms with Crippen LogP contribution in [0.4, 0.5) is 4.39 Å². The van der Waals surface area contributed by atoms with Crippen molar-refractivity contribution in [2.24, 2.45) is 5.41 Å². The van der Waals surface area contributed by atoms with Crippen LogP contribution in [0.25, 0.3) is 0 Å². The molecule has 1 fully saturated rings. The van der Waals surface area contributed by atoms with Gasteiger partial charge in [-0.15, -0.1) is 0 Å². The van der Waals surface area contributed by atoms with Gasteiger partial charge in [-0.05, 0) is 48.4 Å². The monoisotopic (exact) mass is 328 g/mol. The number of amides is 1. The summed E-state index contributed by atoms with van der Waals surface area (Å²) < 4.78 is 13.0. The Labute approximate surface area is 138 Å². The summed E-state index contributed by atoms with van der Waals surface area (Å²) in [5.74, 6) is -1.72. The van der Waals surface area contributed by atoms with Gasteiger partial charge >= 0.3 is 5.97 Å². The van der Waals surface area contributed by atoms with Gasteiger partial charge in [0.15, 0.2) is 0 Å². The van der Waals surface area contributed by atoms with E-state index in [-0.39, 0.29) is 28.3 Å². The SMILES string of the molecule is O=C(O)c1cncc(C(=O)NCC2(Cc3ccc(F)cc3)CC2)c1. The molecule has 2 aromatic rings. The van der Waals surface area contributed by atoms with Crippen molar-refractivity contribution in [2.75, 3.05) is 6.54 Å². The van der Waals surface area contributed by atoms with E-state index in [2.05, 4.69) is 10.3 Å². The van der Waals surface area contributed by atoms with Crippen LogP contribution >= 0.6 is 0 Å². The number of nitrogens with one attached hydrogen (secondary N) is 1. The predicted molar refractivity (Wildman–Crippen MR) is 85.3 cm³/mol. The first-order valence-electron chi connectivity index (χ1n) is 7.68. The Kier molecular flexibility index (Phi) is 4.29. The van der Waals surface area contributed by atoms with Gasteiger partial charge in [0.05, 0.1) is 11.1 Å². The van der Waals surface area contributed by atoms with Crippen LogP contribution in [0.1, 0.15) is 39.1 Å². The molecule has 0 bridgehead atoms. The number of carboxylic acid groups (broad SMARTS) is 1. The molecule has 124 valence electrons. The van der Waals surface area contributed by atoms with Crippen LogP contribution in [0, 0.1) is 11.2 Å². The Morgan fingerprint density at radius 3 is 2.46 bits per heavy atom. The number of aromatic nitrogens is 1. The molecular weight excluding hydrogens is 311 g/mol. The van der Waals surface area contributed by atoms with E-state index in [1.54, 1.807) is 12.1 Å². The smallest absolute Gasteiger partial charge is 0.337 e. The number of carbonyl (C=O) groups is 2. The van der Waals surface area contributed by atoms with Crippen LogP contribution in [0.5, 0.6) is 0 Å². The number of aromatic carboxylic acids is 1. The summed E-state index contributed by atoms with van der Waals surface area (Å²) in [5, 5.41) is 11.8. The highest BCUT2D eigenvalue weighted by Gasteiger charge is 2.42. The molecule has 1 saturated carbocycles. The molecule has 0 unspecified atom stereocenters. The van der Waals surface area contributed by atoms with Gasteiger partial charge in [0.1, 0.15) is 5.82 Å². The van der Waals surface area contributed by atoms with Crippen molar-refractivity contribution >= 4 is 11.9 Å². The number of hydrogen-bond donors (Lipinski definition) is 2. The third-order valence-corrected chi connectivity index (χ3v) is 4.32. The maximum atomic E-state index is 13.0. The maximum absolute atomic E-state index is 13.0. The second-order valence-corrected chi connectivity index (χ2v) is 6.25. The van der Waals surface area contributed by atoms with Gasteiger partial charge in [0.2, 0.25) is 0 Å². The normalized spacial score (nSPS) is 14.9. The lowest BCUT2D eigenvalue weighted by atomic mass is 9.96. The minimum absolute atomic E-state index is 0.00528. The van der Waals surface area contributed by atoms with E-state index in [4.69, 9.17) is 5.11 Å². The fourth-order valence-corrected chi connectivity index (χ4v) is 2.68. The highest BCUT2D eigenvalue weighted by atomic mass is 19.1. The molecule has 3 rings (SSSR count). The maximum Gasteiger partial charge on any atom is 0.337 e. The van der Waals surface area contributed by atoms with Crippen molar-refractivity contribution in [3.63, 3.8) is 0 Å². The summed E-state index contributed by atoms with van der Waals surface area (Å²) in [7, 11) is 0. The zero-order valence-electron chi connectivity index (χ0n) is 13.0. The molecule has 0 saturated heterocycles. The van der Waals surface area contributed by atoms with Crippen LogP contribution in [-0.2, 0) is 6.42 Å². The predicted octanol–water partition coefficient (Wildman–Crippen LogP) is 2.67. The first-order valence-corrected chi connectivity index (χ1v) is 7.68. The van der Waals surface area contributed by atoms with Crippen molar-refractivity contribution < 1.29 is 19.1 Å². The van der Waals surface area contributed by atoms with Crippen LogP contribution in [0.15, 0.2) is 42.7 Å². The zero-order valence-corrected chi connectivity index (χ0v) is 13.0. The largest absolute Gasteiger partial charge is 0.478 e. The highest BCUT2D eigenvalue weighted by Crippen LogP contribution is 2.47. The molecular formula is C18H17FN2O3. The highest BCUT2D eigenvalue weighted by molar-refractivity contribution is 5.96. The van der Waals surface area contributed by atoms with Crippen LogP contribution < -0.4 is 5.32 Å². The number of carbonyl (C=O) groups excluding carboxylic acids is 1. The minimum Gasteiger partial charge on any atom is -0.478 e. The second-order valence-electron chi connectivity index (χ2n) is 6.25. The standard InChI is InChI=1S/C18H17FN2O3/c19-15-3-1-12(2-4-15)8-18(5-6-18)11-21-16(22)13-7-14(17(23)24)10-20-9-13/h1-4,7,9-10H,5-6,8,11H2,(H,21,22)(H,23,24). The Morgan fingerprint density at radius 2 is 1.83 bits per heavy atom. The molecule has 1 amide bonds. The molecule has 1 aromatic heterocycles. The van der Waals surface area contributed by atoms with E-state index in [1.807, 2.05) is 0 Å². The molecule has 0 radical (unpaired) electrons. The number of hydrogen-bond acceptors (Lipinski definition) is 3. The molecule has 0 aliphatic heterocycles. The lowest BCUT2D eigenvalue weighted by Gasteiger charge is -2.16. The summed E-state index contributed by atoms with van der Waals surface area (Å²) in [4.78, 5) is 26.9. The number of benzene rings is 1. The number of carboxylic acids is 1. The molecule has 0 spiro atoms. The van der Waals surface area contributed by atoms with Crippen molar-refractivity contribution in [2.45, 2.75) is 19.3 Å². The van der Waals surface area contributed by atoms with Gasteiger partial charge < -0.3 is 10.4 Å². The van der Waals surface area contributed by atoms with Gasteiger partial charge in [-0.25, -0.2) is 9.18 Å².